The second-order valence-electron chi connectivity index (χ2n) is 6.26. The van der Waals surface area contributed by atoms with Gasteiger partial charge in [0.2, 0.25) is 0 Å². The van der Waals surface area contributed by atoms with E-state index in [1.165, 1.54) is 11.3 Å². The summed E-state index contributed by atoms with van der Waals surface area (Å²) in [6, 6.07) is 10.7. The molecule has 1 fully saturated rings. The minimum atomic E-state index is -1.03. The van der Waals surface area contributed by atoms with Crippen molar-refractivity contribution < 1.29 is 14.4 Å². The quantitative estimate of drug-likeness (QED) is 0.612. The lowest BCUT2D eigenvalue weighted by Gasteiger charge is -2.33. The molecule has 128 valence electrons. The number of amides is 3. The van der Waals surface area contributed by atoms with Crippen LogP contribution in [0.4, 0.5) is 4.79 Å². The first-order valence-electron chi connectivity index (χ1n) is 8.02. The zero-order valence-electron chi connectivity index (χ0n) is 13.3. The predicted octanol–water partition coefficient (Wildman–Crippen LogP) is 3.48. The molecule has 2 heterocycles. The lowest BCUT2D eigenvalue weighted by molar-refractivity contribution is -0.131. The van der Waals surface area contributed by atoms with Gasteiger partial charge in [0.15, 0.2) is 5.78 Å². The third-order valence-electron chi connectivity index (χ3n) is 4.80. The van der Waals surface area contributed by atoms with Gasteiger partial charge in [-0.1, -0.05) is 24.3 Å². The van der Waals surface area contributed by atoms with E-state index in [-0.39, 0.29) is 18.2 Å². The zero-order valence-corrected chi connectivity index (χ0v) is 15.7. The summed E-state index contributed by atoms with van der Waals surface area (Å²) < 4.78 is 0.839. The van der Waals surface area contributed by atoms with E-state index in [2.05, 4.69) is 21.2 Å². The van der Waals surface area contributed by atoms with Crippen molar-refractivity contribution in [1.82, 2.24) is 10.2 Å². The molecule has 1 unspecified atom stereocenters. The van der Waals surface area contributed by atoms with Crippen molar-refractivity contribution in [2.24, 2.45) is 0 Å². The Bertz CT molecular complexity index is 894. The Kier molecular flexibility index (Phi) is 4.00. The van der Waals surface area contributed by atoms with Crippen molar-refractivity contribution in [1.29, 1.82) is 0 Å². The van der Waals surface area contributed by atoms with Gasteiger partial charge in [0, 0.05) is 0 Å². The van der Waals surface area contributed by atoms with Gasteiger partial charge in [0.05, 0.1) is 15.2 Å². The van der Waals surface area contributed by atoms with Crippen molar-refractivity contribution in [3.63, 3.8) is 0 Å². The number of nitrogens with one attached hydrogen (secondary N) is 1. The maximum Gasteiger partial charge on any atom is 0.325 e. The van der Waals surface area contributed by atoms with E-state index in [4.69, 9.17) is 0 Å². The van der Waals surface area contributed by atoms with Crippen LogP contribution in [-0.2, 0) is 16.8 Å². The number of hydrogen-bond donors (Lipinski definition) is 1. The third kappa shape index (κ3) is 2.62. The number of fused-ring (bicyclic) bond motifs is 2. The summed E-state index contributed by atoms with van der Waals surface area (Å²) in [5.41, 5.74) is 0.911. The average molecular weight is 419 g/mol. The summed E-state index contributed by atoms with van der Waals surface area (Å²) in [7, 11) is 0. The molecule has 1 aliphatic carbocycles. The highest BCUT2D eigenvalue weighted by atomic mass is 79.9. The average Bonchev–Trinajstić information content (AvgIpc) is 3.13. The highest BCUT2D eigenvalue weighted by Crippen LogP contribution is 2.40. The second kappa shape index (κ2) is 6.07. The topological polar surface area (TPSA) is 66.5 Å². The fourth-order valence-corrected chi connectivity index (χ4v) is 4.96. The number of rotatable bonds is 3. The molecule has 1 atom stereocenters. The van der Waals surface area contributed by atoms with Gasteiger partial charge >= 0.3 is 6.03 Å². The van der Waals surface area contributed by atoms with E-state index in [1.807, 2.05) is 24.3 Å². The van der Waals surface area contributed by atoms with Crippen LogP contribution in [-0.4, -0.2) is 29.2 Å². The summed E-state index contributed by atoms with van der Waals surface area (Å²) in [5.74, 6) is -0.561. The minimum absolute atomic E-state index is 0.235. The van der Waals surface area contributed by atoms with Gasteiger partial charge in [-0.05, 0) is 58.5 Å². The molecule has 5 nitrogen and oxygen atoms in total. The summed E-state index contributed by atoms with van der Waals surface area (Å²) in [6.45, 7) is -0.235. The van der Waals surface area contributed by atoms with Crippen molar-refractivity contribution in [3.05, 3.63) is 56.2 Å². The monoisotopic (exact) mass is 418 g/mol. The highest BCUT2D eigenvalue weighted by Gasteiger charge is 2.54. The van der Waals surface area contributed by atoms with E-state index >= 15 is 0 Å². The van der Waals surface area contributed by atoms with E-state index in [9.17, 15) is 14.4 Å². The SMILES string of the molecule is O=C(CN1C(=O)NC2(CCCc3ccccc32)C1=O)c1ccc(Br)s1. The number of benzene rings is 1. The first-order valence-corrected chi connectivity index (χ1v) is 9.63. The number of ketones is 1. The number of nitrogens with zero attached hydrogens (tertiary/aromatic N) is 1. The molecule has 1 aliphatic heterocycles. The first kappa shape index (κ1) is 16.5. The van der Waals surface area contributed by atoms with Crippen molar-refractivity contribution in [2.45, 2.75) is 24.8 Å². The Morgan fingerprint density at radius 3 is 2.80 bits per heavy atom. The number of urea groups is 1. The van der Waals surface area contributed by atoms with Crippen molar-refractivity contribution >= 4 is 45.0 Å². The summed E-state index contributed by atoms with van der Waals surface area (Å²) in [5, 5.41) is 2.87. The van der Waals surface area contributed by atoms with E-state index in [1.54, 1.807) is 12.1 Å². The molecule has 2 aromatic rings. The van der Waals surface area contributed by atoms with Crippen LogP contribution in [0.25, 0.3) is 0 Å². The number of carbonyl (C=O) groups excluding carboxylic acids is 3. The van der Waals surface area contributed by atoms with Crippen molar-refractivity contribution in [3.8, 4) is 0 Å². The Morgan fingerprint density at radius 2 is 2.04 bits per heavy atom. The fourth-order valence-electron chi connectivity index (χ4n) is 3.64. The molecule has 2 aliphatic rings. The van der Waals surface area contributed by atoms with E-state index in [0.717, 1.165) is 32.7 Å². The standard InChI is InChI=1S/C18H15BrN2O3S/c19-15-8-7-14(25-15)13(22)10-21-16(23)18(20-17(21)24)9-3-5-11-4-1-2-6-12(11)18/h1-2,4,6-8H,3,5,9-10H2,(H,20,24). The number of thiophene rings is 1. The Hall–Kier alpha value is -1.99. The molecule has 7 heteroatoms. The maximum absolute atomic E-state index is 13.1. The molecule has 1 spiro atoms. The molecule has 3 amide bonds. The van der Waals surface area contributed by atoms with Crippen LogP contribution >= 0.6 is 27.3 Å². The molecule has 1 aromatic heterocycles. The number of halogens is 1. The molecule has 25 heavy (non-hydrogen) atoms. The van der Waals surface area contributed by atoms with Gasteiger partial charge in [-0.3, -0.25) is 14.5 Å². The second-order valence-corrected chi connectivity index (χ2v) is 8.73. The van der Waals surface area contributed by atoms with Gasteiger partial charge in [-0.25, -0.2) is 4.79 Å². The highest BCUT2D eigenvalue weighted by molar-refractivity contribution is 9.11. The van der Waals surface area contributed by atoms with Crippen LogP contribution in [0, 0.1) is 0 Å². The predicted molar refractivity (Wildman–Crippen MR) is 97.7 cm³/mol. The van der Waals surface area contributed by atoms with Gasteiger partial charge < -0.3 is 5.32 Å². The third-order valence-corrected chi connectivity index (χ3v) is 6.47. The van der Waals surface area contributed by atoms with E-state index in [0.29, 0.717) is 11.3 Å². The van der Waals surface area contributed by atoms with Gasteiger partial charge in [0.1, 0.15) is 5.54 Å². The summed E-state index contributed by atoms with van der Waals surface area (Å²) >= 11 is 4.61. The lowest BCUT2D eigenvalue weighted by atomic mass is 9.76. The normalized spacial score (nSPS) is 22.2. The number of imide groups is 1. The van der Waals surface area contributed by atoms with Crippen LogP contribution in [0.5, 0.6) is 0 Å². The molecule has 0 saturated carbocycles. The van der Waals surface area contributed by atoms with Gasteiger partial charge in [-0.15, -0.1) is 11.3 Å². The number of aryl methyl sites for hydroxylation is 1. The Balaban J connectivity index is 1.64. The van der Waals surface area contributed by atoms with Gasteiger partial charge in [0.25, 0.3) is 5.91 Å². The zero-order chi connectivity index (χ0) is 17.6. The number of hydrogen-bond acceptors (Lipinski definition) is 4. The number of Topliss-reactive ketones (excluding diaryl/α,β-unsaturated/α-hetero) is 1. The van der Waals surface area contributed by atoms with Gasteiger partial charge in [-0.2, -0.15) is 0 Å². The molecular weight excluding hydrogens is 404 g/mol. The first-order chi connectivity index (χ1) is 12.0. The largest absolute Gasteiger partial charge is 0.325 e. The Labute approximate surface area is 157 Å². The summed E-state index contributed by atoms with van der Waals surface area (Å²) in [6.07, 6.45) is 2.27. The lowest BCUT2D eigenvalue weighted by Crippen LogP contribution is -2.46. The Morgan fingerprint density at radius 1 is 1.24 bits per heavy atom. The molecule has 1 saturated heterocycles. The number of carbonyl (C=O) groups is 3. The van der Waals surface area contributed by atoms with Crippen LogP contribution in [0.1, 0.15) is 33.6 Å². The fraction of sp³-hybridized carbons (Fsp3) is 0.278. The van der Waals surface area contributed by atoms with Crippen LogP contribution in [0.2, 0.25) is 0 Å². The van der Waals surface area contributed by atoms with Crippen LogP contribution in [0.15, 0.2) is 40.2 Å². The maximum atomic E-state index is 13.1. The van der Waals surface area contributed by atoms with E-state index < -0.39 is 11.6 Å². The molecule has 1 aromatic carbocycles. The molecule has 4 rings (SSSR count). The molecular formula is C18H15BrN2O3S. The molecule has 0 bridgehead atoms. The van der Waals surface area contributed by atoms with Crippen molar-refractivity contribution in [2.75, 3.05) is 6.54 Å². The minimum Gasteiger partial charge on any atom is -0.319 e. The molecule has 1 N–H and O–H groups in total. The molecule has 0 radical (unpaired) electrons. The smallest absolute Gasteiger partial charge is 0.319 e. The van der Waals surface area contributed by atoms with Crippen LogP contribution in [0.3, 0.4) is 0 Å². The van der Waals surface area contributed by atoms with Crippen LogP contribution < -0.4 is 5.32 Å². The summed E-state index contributed by atoms with van der Waals surface area (Å²) in [4.78, 5) is 39.6.